The maximum atomic E-state index is 13.3. The first-order valence-electron chi connectivity index (χ1n) is 7.18. The van der Waals surface area contributed by atoms with Gasteiger partial charge >= 0.3 is 12.8 Å². The molecule has 0 aliphatic carbocycles. The second-order valence-electron chi connectivity index (χ2n) is 6.21. The summed E-state index contributed by atoms with van der Waals surface area (Å²) in [4.78, 5) is 0.494. The Balaban J connectivity index is 0.000000505. The van der Waals surface area contributed by atoms with Gasteiger partial charge in [-0.15, -0.1) is 13.2 Å². The monoisotopic (exact) mass is 374 g/mol. The highest BCUT2D eigenvalue weighted by atomic mass is 32.2. The van der Waals surface area contributed by atoms with Gasteiger partial charge in [0.2, 0.25) is 0 Å². The molecule has 0 aliphatic rings. The average Bonchev–Trinajstić information content (AvgIpc) is 2.72. The van der Waals surface area contributed by atoms with E-state index in [1.807, 2.05) is 32.9 Å². The third-order valence-corrected chi connectivity index (χ3v) is 5.45. The Morgan fingerprint density at radius 3 is 1.83 bits per heavy atom. The molecule has 9 heteroatoms. The number of aryl methyl sites for hydroxylation is 1. The molecule has 0 saturated heterocycles. The third kappa shape index (κ3) is 5.68. The molecule has 0 saturated carbocycles. The fraction of sp³-hybridized carbons (Fsp3) is 0.467. The van der Waals surface area contributed by atoms with Crippen LogP contribution < -0.4 is 0 Å². The molecular formula is C15H18BF7S. The van der Waals surface area contributed by atoms with Crippen LogP contribution in [0.3, 0.4) is 0 Å². The molecule has 1 aromatic carbocycles. The van der Waals surface area contributed by atoms with E-state index < -0.39 is 23.2 Å². The average molecular weight is 374 g/mol. The molecule has 0 N–H and O–H groups in total. The summed E-state index contributed by atoms with van der Waals surface area (Å²) in [5.41, 5.74) is -3.35. The van der Waals surface area contributed by atoms with Crippen LogP contribution in [0, 0.1) is 0 Å². The van der Waals surface area contributed by atoms with Crippen LogP contribution in [-0.2, 0) is 17.3 Å². The lowest BCUT2D eigenvalue weighted by atomic mass is 9.87. The largest absolute Gasteiger partial charge is 0.673 e. The van der Waals surface area contributed by atoms with Crippen molar-refractivity contribution in [2.24, 2.45) is 0 Å². The smallest absolute Gasteiger partial charge is 0.418 e. The van der Waals surface area contributed by atoms with Gasteiger partial charge in [-0.05, 0) is 17.0 Å². The molecule has 0 bridgehead atoms. The molecule has 1 aromatic heterocycles. The van der Waals surface area contributed by atoms with Gasteiger partial charge in [0.15, 0.2) is 9.58 Å². The van der Waals surface area contributed by atoms with Crippen molar-refractivity contribution in [2.75, 3.05) is 0 Å². The SMILES string of the molecule is CCc1cc2ccc(C(C)(C)C)cc2[s+]1C(F)(F)F.F[B-](F)(F)F. The quantitative estimate of drug-likeness (QED) is 0.281. The third-order valence-electron chi connectivity index (χ3n) is 3.26. The van der Waals surface area contributed by atoms with Crippen molar-refractivity contribution in [2.45, 2.75) is 45.0 Å². The van der Waals surface area contributed by atoms with E-state index in [4.69, 9.17) is 0 Å². The number of halogens is 7. The summed E-state index contributed by atoms with van der Waals surface area (Å²) in [5, 5.41) is 0.727. The van der Waals surface area contributed by atoms with E-state index in [0.29, 0.717) is 16.0 Å². The number of hydrogen-bond acceptors (Lipinski definition) is 0. The number of rotatable bonds is 1. The normalized spacial score (nSPS) is 13.7. The topological polar surface area (TPSA) is 0 Å². The predicted molar refractivity (Wildman–Crippen MR) is 86.0 cm³/mol. The number of benzene rings is 1. The van der Waals surface area contributed by atoms with E-state index in [2.05, 4.69) is 0 Å². The zero-order valence-corrected chi connectivity index (χ0v) is 14.5. The van der Waals surface area contributed by atoms with Crippen molar-refractivity contribution >= 4 is 27.8 Å². The van der Waals surface area contributed by atoms with Gasteiger partial charge in [-0.1, -0.05) is 33.8 Å². The van der Waals surface area contributed by atoms with E-state index in [1.165, 1.54) is 0 Å². The summed E-state index contributed by atoms with van der Waals surface area (Å²) in [6, 6.07) is 7.21. The van der Waals surface area contributed by atoms with Crippen LogP contribution in [0.2, 0.25) is 0 Å². The van der Waals surface area contributed by atoms with E-state index >= 15 is 0 Å². The van der Waals surface area contributed by atoms with Crippen molar-refractivity contribution in [1.82, 2.24) is 0 Å². The molecule has 0 fully saturated rings. The number of fused-ring (bicyclic) bond motifs is 1. The molecule has 2 rings (SSSR count). The molecule has 0 amide bonds. The van der Waals surface area contributed by atoms with Gasteiger partial charge < -0.3 is 17.3 Å². The number of hydrogen-bond donors (Lipinski definition) is 0. The highest BCUT2D eigenvalue weighted by molar-refractivity contribution is 7.38. The number of thiophene rings is 1. The standard InChI is InChI=1S/C15H18F3S.BF4/c1-5-12-8-10-6-7-11(14(2,3)4)9-13(10)19(12)15(16,17)18;2-1(3,4)5/h6-9H,5H2,1-4H3;/q+1;-1. The van der Waals surface area contributed by atoms with Crippen LogP contribution in [0.4, 0.5) is 30.4 Å². The molecule has 1 atom stereocenters. The van der Waals surface area contributed by atoms with E-state index in [9.17, 15) is 30.4 Å². The summed E-state index contributed by atoms with van der Waals surface area (Å²) in [7, 11) is -7.74. The first-order valence-corrected chi connectivity index (χ1v) is 8.40. The fourth-order valence-corrected chi connectivity index (χ4v) is 4.16. The van der Waals surface area contributed by atoms with Crippen molar-refractivity contribution in [3.63, 3.8) is 0 Å². The van der Waals surface area contributed by atoms with Crippen molar-refractivity contribution in [1.29, 1.82) is 0 Å². The Morgan fingerprint density at radius 1 is 0.958 bits per heavy atom. The van der Waals surface area contributed by atoms with Crippen LogP contribution in [0.1, 0.15) is 38.1 Å². The molecule has 136 valence electrons. The Kier molecular flexibility index (Phi) is 6.01. The fourth-order valence-electron chi connectivity index (χ4n) is 2.19. The molecule has 2 aromatic rings. The lowest BCUT2D eigenvalue weighted by Gasteiger charge is -2.18. The Bertz CT molecular complexity index is 687. The first kappa shape index (κ1) is 20.8. The van der Waals surface area contributed by atoms with Crippen LogP contribution in [0.25, 0.3) is 10.1 Å². The zero-order chi connectivity index (χ0) is 18.9. The second-order valence-corrected chi connectivity index (χ2v) is 8.25. The molecule has 0 spiro atoms. The predicted octanol–water partition coefficient (Wildman–Crippen LogP) is 7.23. The van der Waals surface area contributed by atoms with Crippen molar-refractivity contribution < 1.29 is 30.4 Å². The first-order chi connectivity index (χ1) is 10.6. The summed E-state index contributed by atoms with van der Waals surface area (Å²) < 4.78 is 79.3. The summed E-state index contributed by atoms with van der Waals surface area (Å²) in [6.07, 6.45) is 0.447. The maximum Gasteiger partial charge on any atom is 0.673 e. The Morgan fingerprint density at radius 2 is 1.46 bits per heavy atom. The minimum absolute atomic E-state index is 0.134. The van der Waals surface area contributed by atoms with Crippen molar-refractivity contribution in [3.05, 3.63) is 34.7 Å². The van der Waals surface area contributed by atoms with Gasteiger partial charge in [-0.25, -0.2) is 0 Å². The van der Waals surface area contributed by atoms with Crippen molar-refractivity contribution in [3.8, 4) is 0 Å². The van der Waals surface area contributed by atoms with Crippen LogP contribution in [0.5, 0.6) is 0 Å². The lowest BCUT2D eigenvalue weighted by Crippen LogP contribution is -2.10. The van der Waals surface area contributed by atoms with Crippen LogP contribution in [-0.4, -0.2) is 7.25 Å². The van der Waals surface area contributed by atoms with Gasteiger partial charge in [0.25, 0.3) is 0 Å². The van der Waals surface area contributed by atoms with Gasteiger partial charge in [-0.3, -0.25) is 0 Å². The van der Waals surface area contributed by atoms with Gasteiger partial charge in [0.1, 0.15) is 0 Å². The molecule has 24 heavy (non-hydrogen) atoms. The number of alkyl halides is 3. The Hall–Kier alpha value is -1.25. The second kappa shape index (κ2) is 6.94. The van der Waals surface area contributed by atoms with Gasteiger partial charge in [0, 0.05) is 23.9 Å². The van der Waals surface area contributed by atoms with Gasteiger partial charge in [-0.2, -0.15) is 0 Å². The lowest BCUT2D eigenvalue weighted by molar-refractivity contribution is -0.0867. The molecule has 0 aliphatic heterocycles. The van der Waals surface area contributed by atoms with E-state index in [1.54, 1.807) is 19.1 Å². The summed E-state index contributed by atoms with van der Waals surface area (Å²) >= 11 is 0. The molecule has 1 unspecified atom stereocenters. The molecular weight excluding hydrogens is 356 g/mol. The highest BCUT2D eigenvalue weighted by Crippen LogP contribution is 2.51. The van der Waals surface area contributed by atoms with E-state index in [-0.39, 0.29) is 5.41 Å². The summed E-state index contributed by atoms with van der Waals surface area (Å²) in [5.74, 6) is 0. The van der Waals surface area contributed by atoms with Crippen LogP contribution >= 0.6 is 10.5 Å². The summed E-state index contributed by atoms with van der Waals surface area (Å²) in [6.45, 7) is 7.84. The molecule has 1 heterocycles. The molecule has 0 nitrogen and oxygen atoms in total. The van der Waals surface area contributed by atoms with E-state index in [0.717, 1.165) is 10.9 Å². The Labute approximate surface area is 138 Å². The molecule has 0 radical (unpaired) electrons. The van der Waals surface area contributed by atoms with Crippen LogP contribution in [0.15, 0.2) is 24.3 Å². The minimum Gasteiger partial charge on any atom is -0.418 e. The highest BCUT2D eigenvalue weighted by Gasteiger charge is 2.47. The van der Waals surface area contributed by atoms with Gasteiger partial charge in [0.05, 0.1) is 10.5 Å². The minimum atomic E-state index is -6.00. The maximum absolute atomic E-state index is 13.3. The zero-order valence-electron chi connectivity index (χ0n) is 13.6.